The molecule has 0 aliphatic heterocycles. The molecule has 0 aliphatic carbocycles. The molecular weight excluding hydrogens is 264 g/mol. The van der Waals surface area contributed by atoms with Crippen LogP contribution in [0.3, 0.4) is 0 Å². The highest BCUT2D eigenvalue weighted by molar-refractivity contribution is 5.72. The number of fused-ring (bicyclic) bond motifs is 1. The molecule has 1 N–H and O–H groups in total. The first kappa shape index (κ1) is 13.5. The van der Waals surface area contributed by atoms with E-state index in [9.17, 15) is 0 Å². The summed E-state index contributed by atoms with van der Waals surface area (Å²) >= 11 is 0. The molecule has 0 fully saturated rings. The molecule has 0 aromatic carbocycles. The molecule has 3 aromatic heterocycles. The summed E-state index contributed by atoms with van der Waals surface area (Å²) in [4.78, 5) is 12.8. The van der Waals surface area contributed by atoms with Gasteiger partial charge in [-0.15, -0.1) is 0 Å². The smallest absolute Gasteiger partial charge is 0.180 e. The summed E-state index contributed by atoms with van der Waals surface area (Å²) in [5, 5.41) is 7.68. The van der Waals surface area contributed by atoms with E-state index in [-0.39, 0.29) is 0 Å². The molecule has 0 amide bonds. The van der Waals surface area contributed by atoms with Crippen LogP contribution in [0, 0.1) is 5.92 Å². The Morgan fingerprint density at radius 2 is 1.95 bits per heavy atom. The molecule has 0 bridgehead atoms. The van der Waals surface area contributed by atoms with E-state index < -0.39 is 0 Å². The summed E-state index contributed by atoms with van der Waals surface area (Å²) in [5.74, 6) is 2.18. The Labute approximate surface area is 123 Å². The SMILES string of the molecule is CC(C)CCn1ccc(Nc2ccc3nccnc3n2)n1. The normalized spacial score (nSPS) is 11.2. The molecule has 0 saturated carbocycles. The van der Waals surface area contributed by atoms with Gasteiger partial charge in [0.15, 0.2) is 11.5 Å². The molecule has 6 nitrogen and oxygen atoms in total. The van der Waals surface area contributed by atoms with Gasteiger partial charge in [-0.1, -0.05) is 13.8 Å². The van der Waals surface area contributed by atoms with Gasteiger partial charge in [0, 0.05) is 31.2 Å². The van der Waals surface area contributed by atoms with Gasteiger partial charge in [-0.05, 0) is 24.5 Å². The van der Waals surface area contributed by atoms with E-state index in [2.05, 4.69) is 39.2 Å². The minimum Gasteiger partial charge on any atom is -0.323 e. The Bertz CT molecular complexity index is 734. The molecule has 0 radical (unpaired) electrons. The molecular formula is C15H18N6. The van der Waals surface area contributed by atoms with Gasteiger partial charge in [-0.2, -0.15) is 5.10 Å². The zero-order valence-corrected chi connectivity index (χ0v) is 12.2. The standard InChI is InChI=1S/C15H18N6/c1-11(2)5-9-21-10-6-14(20-21)18-13-4-3-12-15(19-13)17-8-7-16-12/h3-4,6-8,10-11H,5,9H2,1-2H3,(H,17,18,19,20). The minimum atomic E-state index is 0.627. The van der Waals surface area contributed by atoms with Crippen molar-refractivity contribution in [2.24, 2.45) is 5.92 Å². The van der Waals surface area contributed by atoms with Gasteiger partial charge in [-0.3, -0.25) is 9.67 Å². The first-order valence-electron chi connectivity index (χ1n) is 7.09. The van der Waals surface area contributed by atoms with E-state index in [0.29, 0.717) is 11.6 Å². The predicted octanol–water partition coefficient (Wildman–Crippen LogP) is 3.01. The minimum absolute atomic E-state index is 0.627. The topological polar surface area (TPSA) is 68.5 Å². The Hall–Kier alpha value is -2.50. The number of aryl methyl sites for hydroxylation is 1. The number of anilines is 2. The zero-order chi connectivity index (χ0) is 14.7. The first-order chi connectivity index (χ1) is 10.2. The molecule has 6 heteroatoms. The number of hydrogen-bond donors (Lipinski definition) is 1. The van der Waals surface area contributed by atoms with Gasteiger partial charge >= 0.3 is 0 Å². The molecule has 0 unspecified atom stereocenters. The van der Waals surface area contributed by atoms with Crippen molar-refractivity contribution in [3.05, 3.63) is 36.8 Å². The summed E-state index contributed by atoms with van der Waals surface area (Å²) < 4.78 is 1.95. The van der Waals surface area contributed by atoms with Gasteiger partial charge in [0.1, 0.15) is 11.3 Å². The van der Waals surface area contributed by atoms with Crippen LogP contribution in [-0.2, 0) is 6.54 Å². The van der Waals surface area contributed by atoms with E-state index in [1.807, 2.05) is 29.1 Å². The van der Waals surface area contributed by atoms with Gasteiger partial charge < -0.3 is 5.32 Å². The quantitative estimate of drug-likeness (QED) is 0.779. The highest BCUT2D eigenvalue weighted by Gasteiger charge is 2.03. The van der Waals surface area contributed by atoms with Crippen LogP contribution in [0.4, 0.5) is 11.6 Å². The number of rotatable bonds is 5. The van der Waals surface area contributed by atoms with Gasteiger partial charge in [0.05, 0.1) is 0 Å². The van der Waals surface area contributed by atoms with Gasteiger partial charge in [0.2, 0.25) is 0 Å². The van der Waals surface area contributed by atoms with E-state index in [0.717, 1.165) is 30.1 Å². The lowest BCUT2D eigenvalue weighted by molar-refractivity contribution is 0.488. The number of hydrogen-bond acceptors (Lipinski definition) is 5. The lowest BCUT2D eigenvalue weighted by Gasteiger charge is -2.05. The van der Waals surface area contributed by atoms with E-state index in [1.54, 1.807) is 12.4 Å². The van der Waals surface area contributed by atoms with E-state index in [1.165, 1.54) is 0 Å². The number of aromatic nitrogens is 5. The molecule has 0 spiro atoms. The Morgan fingerprint density at radius 1 is 1.10 bits per heavy atom. The zero-order valence-electron chi connectivity index (χ0n) is 12.2. The van der Waals surface area contributed by atoms with Crippen LogP contribution in [0.15, 0.2) is 36.8 Å². The number of pyridine rings is 1. The molecule has 3 rings (SSSR count). The summed E-state index contributed by atoms with van der Waals surface area (Å²) in [5.41, 5.74) is 1.41. The molecule has 0 atom stereocenters. The van der Waals surface area contributed by atoms with Crippen LogP contribution in [0.2, 0.25) is 0 Å². The largest absolute Gasteiger partial charge is 0.323 e. The maximum atomic E-state index is 4.49. The number of nitrogens with one attached hydrogen (secondary N) is 1. The molecule has 3 aromatic rings. The predicted molar refractivity (Wildman–Crippen MR) is 82.3 cm³/mol. The Kier molecular flexibility index (Phi) is 3.77. The van der Waals surface area contributed by atoms with Crippen LogP contribution < -0.4 is 5.32 Å². The van der Waals surface area contributed by atoms with Crippen molar-refractivity contribution in [1.82, 2.24) is 24.7 Å². The van der Waals surface area contributed by atoms with Crippen molar-refractivity contribution >= 4 is 22.8 Å². The van der Waals surface area contributed by atoms with Gasteiger partial charge in [0.25, 0.3) is 0 Å². The first-order valence-corrected chi connectivity index (χ1v) is 7.09. The molecule has 0 aliphatic rings. The molecule has 21 heavy (non-hydrogen) atoms. The second kappa shape index (κ2) is 5.87. The summed E-state index contributed by atoms with van der Waals surface area (Å²) in [6.07, 6.45) is 6.39. The van der Waals surface area contributed by atoms with Crippen LogP contribution in [-0.4, -0.2) is 24.7 Å². The van der Waals surface area contributed by atoms with Crippen molar-refractivity contribution < 1.29 is 0 Å². The van der Waals surface area contributed by atoms with Gasteiger partial charge in [-0.25, -0.2) is 9.97 Å². The Morgan fingerprint density at radius 3 is 2.81 bits per heavy atom. The lowest BCUT2D eigenvalue weighted by atomic mass is 10.1. The van der Waals surface area contributed by atoms with Crippen molar-refractivity contribution in [2.75, 3.05) is 5.32 Å². The second-order valence-corrected chi connectivity index (χ2v) is 5.37. The molecule has 0 saturated heterocycles. The maximum absolute atomic E-state index is 4.49. The monoisotopic (exact) mass is 282 g/mol. The fourth-order valence-corrected chi connectivity index (χ4v) is 2.00. The van der Waals surface area contributed by atoms with E-state index in [4.69, 9.17) is 0 Å². The fourth-order valence-electron chi connectivity index (χ4n) is 2.00. The summed E-state index contributed by atoms with van der Waals surface area (Å²) in [6.45, 7) is 5.35. The highest BCUT2D eigenvalue weighted by atomic mass is 15.3. The van der Waals surface area contributed by atoms with Crippen molar-refractivity contribution in [2.45, 2.75) is 26.8 Å². The summed E-state index contributed by atoms with van der Waals surface area (Å²) in [7, 11) is 0. The second-order valence-electron chi connectivity index (χ2n) is 5.37. The Balaban J connectivity index is 1.72. The van der Waals surface area contributed by atoms with Crippen molar-refractivity contribution in [3.8, 4) is 0 Å². The third-order valence-corrected chi connectivity index (χ3v) is 3.16. The molecule has 3 heterocycles. The fraction of sp³-hybridized carbons (Fsp3) is 0.333. The van der Waals surface area contributed by atoms with E-state index >= 15 is 0 Å². The average Bonchev–Trinajstić information content (AvgIpc) is 2.92. The highest BCUT2D eigenvalue weighted by Crippen LogP contribution is 2.15. The molecule has 108 valence electrons. The summed E-state index contributed by atoms with van der Waals surface area (Å²) in [6, 6.07) is 5.72. The number of nitrogens with zero attached hydrogens (tertiary/aromatic N) is 5. The lowest BCUT2D eigenvalue weighted by Crippen LogP contribution is -2.03. The van der Waals surface area contributed by atoms with Crippen molar-refractivity contribution in [1.29, 1.82) is 0 Å². The average molecular weight is 282 g/mol. The third-order valence-electron chi connectivity index (χ3n) is 3.16. The maximum Gasteiger partial charge on any atom is 0.180 e. The van der Waals surface area contributed by atoms with Crippen LogP contribution in [0.1, 0.15) is 20.3 Å². The third kappa shape index (κ3) is 3.34. The van der Waals surface area contributed by atoms with Crippen LogP contribution in [0.25, 0.3) is 11.2 Å². The van der Waals surface area contributed by atoms with Crippen LogP contribution in [0.5, 0.6) is 0 Å². The van der Waals surface area contributed by atoms with Crippen molar-refractivity contribution in [3.63, 3.8) is 0 Å². The van der Waals surface area contributed by atoms with Crippen LogP contribution >= 0.6 is 0 Å².